The van der Waals surface area contributed by atoms with Crippen LogP contribution in [0.2, 0.25) is 0 Å². The van der Waals surface area contributed by atoms with E-state index in [2.05, 4.69) is 20.4 Å². The Kier molecular flexibility index (Phi) is 4.61. The van der Waals surface area contributed by atoms with Gasteiger partial charge in [0.05, 0.1) is 6.42 Å². The number of pyridine rings is 1. The largest absolute Gasteiger partial charge is 0.339 e. The molecule has 1 amide bonds. The molecule has 0 saturated carbocycles. The third-order valence-corrected chi connectivity index (χ3v) is 3.68. The van der Waals surface area contributed by atoms with Crippen LogP contribution in [0.25, 0.3) is 11.4 Å². The van der Waals surface area contributed by atoms with Gasteiger partial charge in [0.2, 0.25) is 17.6 Å². The number of aromatic nitrogens is 3. The van der Waals surface area contributed by atoms with Gasteiger partial charge in [-0.15, -0.1) is 0 Å². The quantitative estimate of drug-likeness (QED) is 0.785. The van der Waals surface area contributed by atoms with Gasteiger partial charge in [0.15, 0.2) is 0 Å². The lowest BCUT2D eigenvalue weighted by atomic mass is 9.95. The molecule has 2 aromatic heterocycles. The molecule has 0 aliphatic carbocycles. The van der Waals surface area contributed by atoms with Crippen molar-refractivity contribution in [1.29, 1.82) is 0 Å². The molecule has 0 bridgehead atoms. The van der Waals surface area contributed by atoms with Gasteiger partial charge in [-0.2, -0.15) is 4.98 Å². The average Bonchev–Trinajstić information content (AvgIpc) is 3.05. The second-order valence-corrected chi connectivity index (χ2v) is 6.79. The number of hydrogen-bond donors (Lipinski definition) is 1. The molecule has 6 heteroatoms. The molecule has 1 aromatic carbocycles. The second kappa shape index (κ2) is 6.84. The van der Waals surface area contributed by atoms with Gasteiger partial charge in [-0.25, -0.2) is 0 Å². The number of hydrogen-bond acceptors (Lipinski definition) is 5. The number of amides is 1. The molecule has 0 aliphatic rings. The lowest BCUT2D eigenvalue weighted by Crippen LogP contribution is -2.28. The molecule has 0 fully saturated rings. The number of carbonyl (C=O) groups is 1. The third-order valence-electron chi connectivity index (χ3n) is 3.68. The third kappa shape index (κ3) is 4.09. The molecule has 25 heavy (non-hydrogen) atoms. The van der Waals surface area contributed by atoms with Crippen molar-refractivity contribution < 1.29 is 9.32 Å². The van der Waals surface area contributed by atoms with Crippen molar-refractivity contribution in [3.05, 3.63) is 60.2 Å². The zero-order chi connectivity index (χ0) is 17.9. The molecule has 0 radical (unpaired) electrons. The van der Waals surface area contributed by atoms with E-state index >= 15 is 0 Å². The molecule has 0 unspecified atom stereocenters. The van der Waals surface area contributed by atoms with Crippen LogP contribution >= 0.6 is 0 Å². The maximum Gasteiger partial charge on any atom is 0.231 e. The van der Waals surface area contributed by atoms with Crippen LogP contribution in [0.1, 0.15) is 32.2 Å². The predicted octanol–water partition coefficient (Wildman–Crippen LogP) is 3.71. The highest BCUT2D eigenvalue weighted by molar-refractivity contribution is 5.95. The number of anilines is 1. The first-order valence-electron chi connectivity index (χ1n) is 8.06. The van der Waals surface area contributed by atoms with Crippen LogP contribution in [0.4, 0.5) is 5.69 Å². The van der Waals surface area contributed by atoms with E-state index in [-0.39, 0.29) is 5.91 Å². The van der Waals surface area contributed by atoms with Crippen molar-refractivity contribution >= 4 is 11.6 Å². The minimum absolute atomic E-state index is 0.0403. The van der Waals surface area contributed by atoms with E-state index in [1.165, 1.54) is 0 Å². The SMILES string of the molecule is CC(C)(C)C(=O)Nc1ccccc1Cc1nc(-c2cccnc2)no1. The summed E-state index contributed by atoms with van der Waals surface area (Å²) in [5, 5.41) is 6.97. The smallest absolute Gasteiger partial charge is 0.231 e. The predicted molar refractivity (Wildman–Crippen MR) is 94.9 cm³/mol. The zero-order valence-electron chi connectivity index (χ0n) is 14.5. The van der Waals surface area contributed by atoms with Gasteiger partial charge < -0.3 is 9.84 Å². The van der Waals surface area contributed by atoms with E-state index in [0.29, 0.717) is 18.1 Å². The van der Waals surface area contributed by atoms with E-state index < -0.39 is 5.41 Å². The lowest BCUT2D eigenvalue weighted by molar-refractivity contribution is -0.123. The Balaban J connectivity index is 1.80. The van der Waals surface area contributed by atoms with Crippen molar-refractivity contribution in [3.63, 3.8) is 0 Å². The maximum atomic E-state index is 12.3. The fourth-order valence-corrected chi connectivity index (χ4v) is 2.21. The van der Waals surface area contributed by atoms with Gasteiger partial charge in [0.25, 0.3) is 0 Å². The number of benzene rings is 1. The minimum atomic E-state index is -0.467. The monoisotopic (exact) mass is 336 g/mol. The van der Waals surface area contributed by atoms with E-state index in [0.717, 1.165) is 16.8 Å². The van der Waals surface area contributed by atoms with Crippen molar-refractivity contribution in [2.24, 2.45) is 5.41 Å². The molecule has 128 valence electrons. The van der Waals surface area contributed by atoms with Crippen LogP contribution in [0, 0.1) is 5.41 Å². The number of nitrogens with one attached hydrogen (secondary N) is 1. The Morgan fingerprint density at radius 3 is 2.68 bits per heavy atom. The normalized spacial score (nSPS) is 11.3. The molecule has 0 atom stereocenters. The summed E-state index contributed by atoms with van der Waals surface area (Å²) >= 11 is 0. The van der Waals surface area contributed by atoms with Gasteiger partial charge in [0, 0.05) is 29.1 Å². The summed E-state index contributed by atoms with van der Waals surface area (Å²) in [5.74, 6) is 0.942. The van der Waals surface area contributed by atoms with E-state index in [1.807, 2.05) is 57.2 Å². The first-order chi connectivity index (χ1) is 11.9. The Morgan fingerprint density at radius 1 is 1.16 bits per heavy atom. The van der Waals surface area contributed by atoms with Crippen molar-refractivity contribution in [2.75, 3.05) is 5.32 Å². The first kappa shape index (κ1) is 16.8. The maximum absolute atomic E-state index is 12.3. The van der Waals surface area contributed by atoms with Gasteiger partial charge in [-0.05, 0) is 23.8 Å². The van der Waals surface area contributed by atoms with Gasteiger partial charge in [-0.1, -0.05) is 44.1 Å². The zero-order valence-corrected chi connectivity index (χ0v) is 14.5. The van der Waals surface area contributed by atoms with Crippen molar-refractivity contribution in [3.8, 4) is 11.4 Å². The van der Waals surface area contributed by atoms with Crippen molar-refractivity contribution in [1.82, 2.24) is 15.1 Å². The fraction of sp³-hybridized carbons (Fsp3) is 0.263. The highest BCUT2D eigenvalue weighted by Crippen LogP contribution is 2.23. The molecule has 2 heterocycles. The Bertz CT molecular complexity index is 866. The van der Waals surface area contributed by atoms with Crippen LogP contribution < -0.4 is 5.32 Å². The Labute approximate surface area is 146 Å². The molecule has 3 rings (SSSR count). The molecule has 0 aliphatic heterocycles. The molecule has 6 nitrogen and oxygen atoms in total. The number of rotatable bonds is 4. The van der Waals surface area contributed by atoms with E-state index in [9.17, 15) is 4.79 Å². The van der Waals surface area contributed by atoms with Crippen LogP contribution in [0.3, 0.4) is 0 Å². The Morgan fingerprint density at radius 2 is 1.96 bits per heavy atom. The van der Waals surface area contributed by atoms with E-state index in [4.69, 9.17) is 4.52 Å². The molecular weight excluding hydrogens is 316 g/mol. The van der Waals surface area contributed by atoms with Gasteiger partial charge >= 0.3 is 0 Å². The summed E-state index contributed by atoms with van der Waals surface area (Å²) in [6.07, 6.45) is 3.82. The lowest BCUT2D eigenvalue weighted by Gasteiger charge is -2.19. The summed E-state index contributed by atoms with van der Waals surface area (Å²) in [7, 11) is 0. The van der Waals surface area contributed by atoms with Crippen LogP contribution in [-0.2, 0) is 11.2 Å². The standard InChI is InChI=1S/C19H20N4O2/c1-19(2,3)18(24)21-15-9-5-4-7-13(15)11-16-22-17(23-25-16)14-8-6-10-20-12-14/h4-10,12H,11H2,1-3H3,(H,21,24). The summed E-state index contributed by atoms with van der Waals surface area (Å²) in [4.78, 5) is 20.7. The second-order valence-electron chi connectivity index (χ2n) is 6.79. The number of para-hydroxylation sites is 1. The molecule has 0 saturated heterocycles. The van der Waals surface area contributed by atoms with E-state index in [1.54, 1.807) is 12.4 Å². The topological polar surface area (TPSA) is 80.9 Å². The number of carbonyl (C=O) groups excluding carboxylic acids is 1. The summed E-state index contributed by atoms with van der Waals surface area (Å²) in [5.41, 5.74) is 2.00. The molecule has 0 spiro atoms. The molecular formula is C19H20N4O2. The summed E-state index contributed by atoms with van der Waals surface area (Å²) in [6.45, 7) is 5.63. The van der Waals surface area contributed by atoms with Crippen LogP contribution in [0.5, 0.6) is 0 Å². The average molecular weight is 336 g/mol. The van der Waals surface area contributed by atoms with Crippen LogP contribution in [-0.4, -0.2) is 21.0 Å². The van der Waals surface area contributed by atoms with Gasteiger partial charge in [-0.3, -0.25) is 9.78 Å². The number of nitrogens with zero attached hydrogens (tertiary/aromatic N) is 3. The Hall–Kier alpha value is -3.02. The van der Waals surface area contributed by atoms with Crippen molar-refractivity contribution in [2.45, 2.75) is 27.2 Å². The highest BCUT2D eigenvalue weighted by Gasteiger charge is 2.22. The highest BCUT2D eigenvalue weighted by atomic mass is 16.5. The molecule has 1 N–H and O–H groups in total. The van der Waals surface area contributed by atoms with Crippen LogP contribution in [0.15, 0.2) is 53.3 Å². The fourth-order valence-electron chi connectivity index (χ4n) is 2.21. The minimum Gasteiger partial charge on any atom is -0.339 e. The molecule has 3 aromatic rings. The first-order valence-corrected chi connectivity index (χ1v) is 8.06. The van der Waals surface area contributed by atoms with Gasteiger partial charge in [0.1, 0.15) is 0 Å². The summed E-state index contributed by atoms with van der Waals surface area (Å²) in [6, 6.07) is 11.3. The summed E-state index contributed by atoms with van der Waals surface area (Å²) < 4.78 is 5.35.